The van der Waals surface area contributed by atoms with Crippen LogP contribution in [0.1, 0.15) is 11.1 Å². The van der Waals surface area contributed by atoms with Gasteiger partial charge >= 0.3 is 6.36 Å². The Morgan fingerprint density at radius 3 is 2.50 bits per heavy atom. The van der Waals surface area contributed by atoms with E-state index in [-0.39, 0.29) is 5.75 Å². The molecule has 0 saturated carbocycles. The third kappa shape index (κ3) is 3.05. The SMILES string of the molecule is COc1ccc2c(c1)-c1[nH]nc(Nc3ccc(OC(F)(F)F)cc3)c1C2. The van der Waals surface area contributed by atoms with Crippen molar-refractivity contribution < 1.29 is 22.6 Å². The van der Waals surface area contributed by atoms with Crippen LogP contribution in [0.25, 0.3) is 11.3 Å². The van der Waals surface area contributed by atoms with Gasteiger partial charge in [0.1, 0.15) is 11.5 Å². The Morgan fingerprint density at radius 2 is 1.81 bits per heavy atom. The fourth-order valence-corrected chi connectivity index (χ4v) is 3.00. The number of rotatable bonds is 4. The lowest BCUT2D eigenvalue weighted by Gasteiger charge is -2.10. The van der Waals surface area contributed by atoms with Gasteiger partial charge < -0.3 is 14.8 Å². The molecule has 0 bridgehead atoms. The van der Waals surface area contributed by atoms with Gasteiger partial charge in [0.25, 0.3) is 0 Å². The van der Waals surface area contributed by atoms with Crippen molar-refractivity contribution in [1.82, 2.24) is 10.2 Å². The number of alkyl halides is 3. The normalized spacial score (nSPS) is 12.5. The van der Waals surface area contributed by atoms with Crippen molar-refractivity contribution >= 4 is 11.5 Å². The molecule has 0 spiro atoms. The van der Waals surface area contributed by atoms with Crippen LogP contribution in [-0.4, -0.2) is 23.7 Å². The third-order valence-corrected chi connectivity index (χ3v) is 4.17. The molecule has 134 valence electrons. The average molecular weight is 361 g/mol. The number of H-pyrrole nitrogens is 1. The lowest BCUT2D eigenvalue weighted by atomic mass is 10.1. The van der Waals surface area contributed by atoms with Gasteiger partial charge in [0.05, 0.1) is 12.8 Å². The highest BCUT2D eigenvalue weighted by Crippen LogP contribution is 2.41. The number of fused-ring (bicyclic) bond motifs is 3. The second-order valence-corrected chi connectivity index (χ2v) is 5.82. The molecule has 26 heavy (non-hydrogen) atoms. The van der Waals surface area contributed by atoms with E-state index in [0.29, 0.717) is 17.9 Å². The summed E-state index contributed by atoms with van der Waals surface area (Å²) in [5.74, 6) is 1.13. The summed E-state index contributed by atoms with van der Waals surface area (Å²) >= 11 is 0. The van der Waals surface area contributed by atoms with Crippen LogP contribution in [0.3, 0.4) is 0 Å². The van der Waals surface area contributed by atoms with Crippen molar-refractivity contribution in [2.24, 2.45) is 0 Å². The molecule has 1 aliphatic rings. The molecule has 0 fully saturated rings. The summed E-state index contributed by atoms with van der Waals surface area (Å²) in [4.78, 5) is 0. The molecule has 0 amide bonds. The minimum atomic E-state index is -4.70. The van der Waals surface area contributed by atoms with E-state index in [1.54, 1.807) is 7.11 Å². The summed E-state index contributed by atoms with van der Waals surface area (Å²) < 4.78 is 45.8. The maximum Gasteiger partial charge on any atom is 0.573 e. The smallest absolute Gasteiger partial charge is 0.497 e. The van der Waals surface area contributed by atoms with Crippen molar-refractivity contribution in [2.75, 3.05) is 12.4 Å². The van der Waals surface area contributed by atoms with Gasteiger partial charge in [0, 0.05) is 23.2 Å². The molecule has 5 nitrogen and oxygen atoms in total. The fraction of sp³-hybridized carbons (Fsp3) is 0.167. The van der Waals surface area contributed by atoms with E-state index in [0.717, 1.165) is 28.1 Å². The molecular weight excluding hydrogens is 347 g/mol. The zero-order valence-corrected chi connectivity index (χ0v) is 13.6. The van der Waals surface area contributed by atoms with Crippen molar-refractivity contribution in [3.63, 3.8) is 0 Å². The number of halogens is 3. The number of anilines is 2. The number of nitrogens with one attached hydrogen (secondary N) is 2. The van der Waals surface area contributed by atoms with E-state index in [2.05, 4.69) is 20.3 Å². The monoisotopic (exact) mass is 361 g/mol. The molecule has 0 aliphatic heterocycles. The largest absolute Gasteiger partial charge is 0.573 e. The van der Waals surface area contributed by atoms with E-state index in [1.165, 1.54) is 24.3 Å². The maximum absolute atomic E-state index is 12.2. The minimum absolute atomic E-state index is 0.269. The van der Waals surface area contributed by atoms with Gasteiger partial charge in [-0.25, -0.2) is 0 Å². The van der Waals surface area contributed by atoms with Crippen LogP contribution in [0.5, 0.6) is 11.5 Å². The fourth-order valence-electron chi connectivity index (χ4n) is 3.00. The predicted octanol–water partition coefficient (Wildman–Crippen LogP) is 4.63. The van der Waals surface area contributed by atoms with Crippen LogP contribution in [0.15, 0.2) is 42.5 Å². The number of aromatic nitrogens is 2. The first-order chi connectivity index (χ1) is 12.4. The minimum Gasteiger partial charge on any atom is -0.497 e. The molecule has 8 heteroatoms. The number of methoxy groups -OCH3 is 1. The predicted molar refractivity (Wildman–Crippen MR) is 89.8 cm³/mol. The number of benzene rings is 2. The number of aromatic amines is 1. The van der Waals surface area contributed by atoms with Crippen LogP contribution < -0.4 is 14.8 Å². The summed E-state index contributed by atoms with van der Waals surface area (Å²) in [5.41, 5.74) is 4.73. The standard InChI is InChI=1S/C18H14F3N3O2/c1-25-13-5-2-10-8-15-16(14(10)9-13)23-24-17(15)22-11-3-6-12(7-4-11)26-18(19,20)21/h2-7,9H,8H2,1H3,(H2,22,23,24). The van der Waals surface area contributed by atoms with Gasteiger partial charge in [-0.2, -0.15) is 5.10 Å². The number of hydrogen-bond acceptors (Lipinski definition) is 4. The number of hydrogen-bond donors (Lipinski definition) is 2. The first-order valence-corrected chi connectivity index (χ1v) is 7.80. The van der Waals surface area contributed by atoms with Crippen LogP contribution >= 0.6 is 0 Å². The molecule has 4 rings (SSSR count). The summed E-state index contributed by atoms with van der Waals surface area (Å²) in [6.45, 7) is 0. The molecule has 2 N–H and O–H groups in total. The van der Waals surface area contributed by atoms with Gasteiger partial charge in [0.15, 0.2) is 5.82 Å². The van der Waals surface area contributed by atoms with Crippen molar-refractivity contribution in [3.8, 4) is 22.8 Å². The van der Waals surface area contributed by atoms with Gasteiger partial charge in [-0.05, 0) is 42.0 Å². The highest BCUT2D eigenvalue weighted by atomic mass is 19.4. The van der Waals surface area contributed by atoms with Crippen LogP contribution in [0.4, 0.5) is 24.7 Å². The molecule has 1 aliphatic carbocycles. The highest BCUT2D eigenvalue weighted by molar-refractivity contribution is 5.80. The summed E-state index contributed by atoms with van der Waals surface area (Å²) in [7, 11) is 1.61. The molecular formula is C18H14F3N3O2. The second-order valence-electron chi connectivity index (χ2n) is 5.82. The first-order valence-electron chi connectivity index (χ1n) is 7.80. The van der Waals surface area contributed by atoms with Crippen LogP contribution in [-0.2, 0) is 6.42 Å². The van der Waals surface area contributed by atoms with E-state index < -0.39 is 6.36 Å². The Kier molecular flexibility index (Phi) is 3.75. The van der Waals surface area contributed by atoms with Gasteiger partial charge in [-0.3, -0.25) is 5.10 Å². The lowest BCUT2D eigenvalue weighted by Crippen LogP contribution is -2.16. The quantitative estimate of drug-likeness (QED) is 0.556. The summed E-state index contributed by atoms with van der Waals surface area (Å²) in [6.07, 6.45) is -3.99. The first kappa shape index (κ1) is 16.3. The summed E-state index contributed by atoms with van der Waals surface area (Å²) in [5, 5.41) is 10.4. The van der Waals surface area contributed by atoms with E-state index in [4.69, 9.17) is 4.74 Å². The Balaban J connectivity index is 1.55. The molecule has 3 aromatic rings. The zero-order chi connectivity index (χ0) is 18.3. The molecule has 0 saturated heterocycles. The highest BCUT2D eigenvalue weighted by Gasteiger charge is 2.31. The van der Waals surface area contributed by atoms with Gasteiger partial charge in [-0.15, -0.1) is 13.2 Å². The Hall–Kier alpha value is -3.16. The zero-order valence-electron chi connectivity index (χ0n) is 13.6. The summed E-state index contributed by atoms with van der Waals surface area (Å²) in [6, 6.07) is 11.4. The van der Waals surface area contributed by atoms with E-state index in [1.807, 2.05) is 18.2 Å². The number of nitrogens with zero attached hydrogens (tertiary/aromatic N) is 1. The van der Waals surface area contributed by atoms with Crippen molar-refractivity contribution in [2.45, 2.75) is 12.8 Å². The Bertz CT molecular complexity index is 949. The lowest BCUT2D eigenvalue weighted by molar-refractivity contribution is -0.274. The molecule has 1 aromatic heterocycles. The Morgan fingerprint density at radius 1 is 1.08 bits per heavy atom. The van der Waals surface area contributed by atoms with Crippen LogP contribution in [0, 0.1) is 0 Å². The Labute approximate surface area is 146 Å². The maximum atomic E-state index is 12.2. The molecule has 0 radical (unpaired) electrons. The topological polar surface area (TPSA) is 59.2 Å². The van der Waals surface area contributed by atoms with Gasteiger partial charge in [-0.1, -0.05) is 6.07 Å². The molecule has 1 heterocycles. The van der Waals surface area contributed by atoms with Crippen LogP contribution in [0.2, 0.25) is 0 Å². The third-order valence-electron chi connectivity index (χ3n) is 4.17. The molecule has 0 atom stereocenters. The molecule has 2 aromatic carbocycles. The van der Waals surface area contributed by atoms with E-state index in [9.17, 15) is 13.2 Å². The van der Waals surface area contributed by atoms with E-state index >= 15 is 0 Å². The second kappa shape index (κ2) is 5.98. The number of ether oxygens (including phenoxy) is 2. The molecule has 0 unspecified atom stereocenters. The van der Waals surface area contributed by atoms with Crippen molar-refractivity contribution in [3.05, 3.63) is 53.6 Å². The van der Waals surface area contributed by atoms with Crippen molar-refractivity contribution in [1.29, 1.82) is 0 Å². The van der Waals surface area contributed by atoms with Gasteiger partial charge in [0.2, 0.25) is 0 Å². The average Bonchev–Trinajstić information content (AvgIpc) is 3.14.